The first kappa shape index (κ1) is 19.2. The molecule has 1 aliphatic heterocycles. The molecule has 0 fully saturated rings. The summed E-state index contributed by atoms with van der Waals surface area (Å²) in [5, 5.41) is 4.12. The molecule has 1 amide bonds. The first-order chi connectivity index (χ1) is 12.7. The van der Waals surface area contributed by atoms with E-state index in [2.05, 4.69) is 69.1 Å². The lowest BCUT2D eigenvalue weighted by Gasteiger charge is -2.50. The third kappa shape index (κ3) is 3.77. The lowest BCUT2D eigenvalue weighted by Crippen LogP contribution is -2.51. The quantitative estimate of drug-likeness (QED) is 0.620. The van der Waals surface area contributed by atoms with Gasteiger partial charge in [-0.25, -0.2) is 5.43 Å². The van der Waals surface area contributed by atoms with E-state index in [1.165, 1.54) is 17.5 Å². The number of aryl methyl sites for hydroxylation is 1. The van der Waals surface area contributed by atoms with Crippen LogP contribution >= 0.6 is 0 Å². The molecule has 0 aliphatic carbocycles. The molecule has 2 aromatic rings. The van der Waals surface area contributed by atoms with Crippen molar-refractivity contribution in [3.05, 3.63) is 53.0 Å². The minimum absolute atomic E-state index is 0.125. The van der Waals surface area contributed by atoms with E-state index in [-0.39, 0.29) is 17.2 Å². The lowest BCUT2D eigenvalue weighted by molar-refractivity contribution is 0.0927. The van der Waals surface area contributed by atoms with Crippen molar-refractivity contribution >= 4 is 17.8 Å². The Morgan fingerprint density at radius 1 is 1.41 bits per heavy atom. The Hall–Kier alpha value is -2.56. The third-order valence-corrected chi connectivity index (χ3v) is 5.29. The van der Waals surface area contributed by atoms with Gasteiger partial charge in [-0.3, -0.25) is 4.79 Å². The maximum atomic E-state index is 11.9. The molecule has 1 aliphatic rings. The fraction of sp³-hybridized carbons (Fsp3) is 0.455. The van der Waals surface area contributed by atoms with Crippen LogP contribution in [0.2, 0.25) is 0 Å². The molecule has 5 heteroatoms. The number of fused-ring (bicyclic) bond motifs is 1. The SMILES string of the molecule is Cc1cc2c(cc1/C=N\NC(=O)c1ccco1)C(C)CC(C)(C)N2C(C)C. The largest absolute Gasteiger partial charge is 0.459 e. The van der Waals surface area contributed by atoms with Crippen molar-refractivity contribution in [1.82, 2.24) is 5.43 Å². The number of anilines is 1. The van der Waals surface area contributed by atoms with E-state index < -0.39 is 0 Å². The molecule has 1 N–H and O–H groups in total. The molecule has 0 radical (unpaired) electrons. The van der Waals surface area contributed by atoms with Crippen molar-refractivity contribution < 1.29 is 9.21 Å². The van der Waals surface area contributed by atoms with E-state index in [4.69, 9.17) is 4.42 Å². The van der Waals surface area contributed by atoms with Crippen LogP contribution < -0.4 is 10.3 Å². The number of nitrogens with zero attached hydrogens (tertiary/aromatic N) is 2. The van der Waals surface area contributed by atoms with E-state index in [1.54, 1.807) is 18.3 Å². The van der Waals surface area contributed by atoms with Crippen LogP contribution in [0.15, 0.2) is 40.0 Å². The predicted molar refractivity (Wildman–Crippen MR) is 110 cm³/mol. The Bertz CT molecular complexity index is 851. The number of hydrogen-bond donors (Lipinski definition) is 1. The van der Waals surface area contributed by atoms with Crippen LogP contribution in [0.5, 0.6) is 0 Å². The van der Waals surface area contributed by atoms with Gasteiger partial charge in [-0.2, -0.15) is 5.10 Å². The molecule has 1 aromatic carbocycles. The maximum Gasteiger partial charge on any atom is 0.307 e. The number of carbonyl (C=O) groups excluding carboxylic acids is 1. The molecular weight excluding hydrogens is 338 g/mol. The monoisotopic (exact) mass is 367 g/mol. The molecule has 27 heavy (non-hydrogen) atoms. The lowest BCUT2D eigenvalue weighted by atomic mass is 9.78. The third-order valence-electron chi connectivity index (χ3n) is 5.29. The number of hydrazone groups is 1. The highest BCUT2D eigenvalue weighted by atomic mass is 16.3. The van der Waals surface area contributed by atoms with Crippen molar-refractivity contribution in [3.63, 3.8) is 0 Å². The van der Waals surface area contributed by atoms with Gasteiger partial charge >= 0.3 is 5.91 Å². The van der Waals surface area contributed by atoms with Gasteiger partial charge in [0.25, 0.3) is 0 Å². The zero-order valence-electron chi connectivity index (χ0n) is 17.0. The number of furan rings is 1. The molecule has 3 rings (SSSR count). The summed E-state index contributed by atoms with van der Waals surface area (Å²) in [6, 6.07) is 8.18. The Labute approximate surface area is 161 Å². The summed E-state index contributed by atoms with van der Waals surface area (Å²) in [6.07, 6.45) is 4.28. The van der Waals surface area contributed by atoms with Crippen LogP contribution in [0.1, 0.15) is 74.2 Å². The van der Waals surface area contributed by atoms with Crippen molar-refractivity contribution in [3.8, 4) is 0 Å². The van der Waals surface area contributed by atoms with E-state index in [9.17, 15) is 4.79 Å². The van der Waals surface area contributed by atoms with Gasteiger partial charge in [0.15, 0.2) is 5.76 Å². The molecule has 0 bridgehead atoms. The Balaban J connectivity index is 1.88. The average molecular weight is 367 g/mol. The maximum absolute atomic E-state index is 11.9. The van der Waals surface area contributed by atoms with Crippen LogP contribution in [-0.2, 0) is 0 Å². The Kier molecular flexibility index (Phi) is 5.13. The number of rotatable bonds is 4. The van der Waals surface area contributed by atoms with Gasteiger partial charge in [-0.05, 0) is 87.9 Å². The number of nitrogens with one attached hydrogen (secondary N) is 1. The zero-order valence-corrected chi connectivity index (χ0v) is 17.0. The van der Waals surface area contributed by atoms with Gasteiger partial charge in [0, 0.05) is 17.3 Å². The fourth-order valence-corrected chi connectivity index (χ4v) is 4.35. The second-order valence-electron chi connectivity index (χ2n) is 8.33. The second kappa shape index (κ2) is 7.22. The van der Waals surface area contributed by atoms with E-state index in [0.29, 0.717) is 12.0 Å². The molecule has 0 saturated carbocycles. The van der Waals surface area contributed by atoms with Crippen molar-refractivity contribution in [2.24, 2.45) is 5.10 Å². The highest BCUT2D eigenvalue weighted by molar-refractivity contribution is 5.92. The molecule has 1 atom stereocenters. The van der Waals surface area contributed by atoms with Crippen LogP contribution in [0.25, 0.3) is 0 Å². The average Bonchev–Trinajstić information content (AvgIpc) is 3.09. The molecule has 0 saturated heterocycles. The summed E-state index contributed by atoms with van der Waals surface area (Å²) in [5.74, 6) is 0.362. The molecule has 5 nitrogen and oxygen atoms in total. The predicted octanol–water partition coefficient (Wildman–Crippen LogP) is 4.85. The van der Waals surface area contributed by atoms with Gasteiger partial charge in [0.2, 0.25) is 0 Å². The van der Waals surface area contributed by atoms with Crippen LogP contribution in [0.4, 0.5) is 5.69 Å². The standard InChI is InChI=1S/C22H29N3O2/c1-14(2)25-19-10-15(3)17(11-18(19)16(4)12-22(25,5)6)13-23-24-21(26)20-8-7-9-27-20/h7-11,13-14,16H,12H2,1-6H3,(H,24,26)/b23-13-. The summed E-state index contributed by atoms with van der Waals surface area (Å²) in [7, 11) is 0. The number of carbonyl (C=O) groups is 1. The molecule has 1 unspecified atom stereocenters. The first-order valence-electron chi connectivity index (χ1n) is 9.51. The fourth-order valence-electron chi connectivity index (χ4n) is 4.35. The molecule has 144 valence electrons. The van der Waals surface area contributed by atoms with E-state index in [1.807, 2.05) is 0 Å². The van der Waals surface area contributed by atoms with Crippen LogP contribution in [0, 0.1) is 6.92 Å². The molecule has 1 aromatic heterocycles. The highest BCUT2D eigenvalue weighted by Gasteiger charge is 2.37. The van der Waals surface area contributed by atoms with Gasteiger partial charge in [0.1, 0.15) is 0 Å². The van der Waals surface area contributed by atoms with Gasteiger partial charge in [-0.1, -0.05) is 6.92 Å². The van der Waals surface area contributed by atoms with Crippen LogP contribution in [-0.4, -0.2) is 23.7 Å². The van der Waals surface area contributed by atoms with E-state index in [0.717, 1.165) is 17.5 Å². The number of amides is 1. The van der Waals surface area contributed by atoms with Gasteiger partial charge in [-0.15, -0.1) is 0 Å². The summed E-state index contributed by atoms with van der Waals surface area (Å²) in [6.45, 7) is 13.5. The summed E-state index contributed by atoms with van der Waals surface area (Å²) in [4.78, 5) is 14.5. The number of hydrogen-bond acceptors (Lipinski definition) is 4. The Morgan fingerprint density at radius 2 is 2.15 bits per heavy atom. The first-order valence-corrected chi connectivity index (χ1v) is 9.51. The number of benzene rings is 1. The highest BCUT2D eigenvalue weighted by Crippen LogP contribution is 2.45. The van der Waals surface area contributed by atoms with Crippen molar-refractivity contribution in [2.45, 2.75) is 65.5 Å². The smallest absolute Gasteiger partial charge is 0.307 e. The van der Waals surface area contributed by atoms with Crippen molar-refractivity contribution in [2.75, 3.05) is 4.90 Å². The minimum atomic E-state index is -0.354. The minimum Gasteiger partial charge on any atom is -0.459 e. The van der Waals surface area contributed by atoms with E-state index >= 15 is 0 Å². The summed E-state index contributed by atoms with van der Waals surface area (Å²) in [5.41, 5.74) is 7.45. The normalized spacial score (nSPS) is 18.8. The molecule has 2 heterocycles. The topological polar surface area (TPSA) is 57.8 Å². The molecular formula is C22H29N3O2. The Morgan fingerprint density at radius 3 is 2.78 bits per heavy atom. The second-order valence-corrected chi connectivity index (χ2v) is 8.33. The van der Waals surface area contributed by atoms with Gasteiger partial charge in [0.05, 0.1) is 12.5 Å². The molecule has 0 spiro atoms. The summed E-state index contributed by atoms with van der Waals surface area (Å²) >= 11 is 0. The van der Waals surface area contributed by atoms with Crippen molar-refractivity contribution in [1.29, 1.82) is 0 Å². The summed E-state index contributed by atoms with van der Waals surface area (Å²) < 4.78 is 5.07. The zero-order chi connectivity index (χ0) is 19.8. The van der Waals surface area contributed by atoms with Gasteiger partial charge < -0.3 is 9.32 Å². The van der Waals surface area contributed by atoms with Crippen LogP contribution in [0.3, 0.4) is 0 Å².